The van der Waals surface area contributed by atoms with E-state index in [9.17, 15) is 0 Å². The van der Waals surface area contributed by atoms with Crippen molar-refractivity contribution in [2.75, 3.05) is 5.73 Å². The van der Waals surface area contributed by atoms with E-state index >= 15 is 0 Å². The largest absolute Gasteiger partial charge is 0.419 e. The molecule has 0 fully saturated rings. The lowest BCUT2D eigenvalue weighted by Crippen LogP contribution is -1.85. The predicted molar refractivity (Wildman–Crippen MR) is 60.5 cm³/mol. The van der Waals surface area contributed by atoms with Gasteiger partial charge in [-0.1, -0.05) is 17.7 Å². The van der Waals surface area contributed by atoms with Crippen molar-refractivity contribution in [3.8, 4) is 17.5 Å². The minimum absolute atomic E-state index is 0.0671. The van der Waals surface area contributed by atoms with Gasteiger partial charge in [0.1, 0.15) is 6.07 Å². The highest BCUT2D eigenvalue weighted by molar-refractivity contribution is 5.62. The minimum Gasteiger partial charge on any atom is -0.419 e. The van der Waals surface area contributed by atoms with Gasteiger partial charge in [-0.05, 0) is 25.5 Å². The Kier molecular flexibility index (Phi) is 2.37. The third kappa shape index (κ3) is 1.63. The van der Waals surface area contributed by atoms with Crippen molar-refractivity contribution >= 4 is 5.88 Å². The summed E-state index contributed by atoms with van der Waals surface area (Å²) in [7, 11) is 0. The Morgan fingerprint density at radius 3 is 2.69 bits per heavy atom. The zero-order chi connectivity index (χ0) is 11.7. The first-order valence-corrected chi connectivity index (χ1v) is 4.86. The van der Waals surface area contributed by atoms with E-state index in [-0.39, 0.29) is 11.6 Å². The number of nitrogen functional groups attached to an aromatic ring is 1. The molecule has 0 aliphatic carbocycles. The number of aromatic nitrogens is 1. The van der Waals surface area contributed by atoms with Crippen LogP contribution in [0.15, 0.2) is 22.6 Å². The second-order valence-corrected chi connectivity index (χ2v) is 3.66. The Hall–Kier alpha value is -2.28. The summed E-state index contributed by atoms with van der Waals surface area (Å²) >= 11 is 0. The summed E-state index contributed by atoms with van der Waals surface area (Å²) in [5.41, 5.74) is 8.73. The zero-order valence-corrected chi connectivity index (χ0v) is 9.11. The van der Waals surface area contributed by atoms with Crippen LogP contribution >= 0.6 is 0 Å². The maximum Gasteiger partial charge on any atom is 0.230 e. The molecule has 4 heteroatoms. The molecule has 80 valence electrons. The lowest BCUT2D eigenvalue weighted by Gasteiger charge is -2.01. The molecule has 1 aromatic heterocycles. The maximum atomic E-state index is 8.74. The molecule has 1 aromatic carbocycles. The quantitative estimate of drug-likeness (QED) is 0.789. The summed E-state index contributed by atoms with van der Waals surface area (Å²) in [5, 5.41) is 8.74. The molecule has 0 amide bonds. The molecule has 0 saturated heterocycles. The van der Waals surface area contributed by atoms with Gasteiger partial charge in [-0.25, -0.2) is 0 Å². The van der Waals surface area contributed by atoms with Crippen LogP contribution < -0.4 is 5.73 Å². The van der Waals surface area contributed by atoms with Crippen molar-refractivity contribution in [3.63, 3.8) is 0 Å². The average Bonchev–Trinajstić information content (AvgIpc) is 2.59. The molecular formula is C12H11N3O. The second-order valence-electron chi connectivity index (χ2n) is 3.66. The van der Waals surface area contributed by atoms with E-state index in [0.29, 0.717) is 5.89 Å². The Labute approximate surface area is 93.3 Å². The summed E-state index contributed by atoms with van der Waals surface area (Å²) in [4.78, 5) is 4.04. The molecule has 0 aliphatic rings. The third-order valence-electron chi connectivity index (χ3n) is 2.37. The highest BCUT2D eigenvalue weighted by Crippen LogP contribution is 2.26. The smallest absolute Gasteiger partial charge is 0.230 e. The van der Waals surface area contributed by atoms with Crippen LogP contribution in [0.25, 0.3) is 11.5 Å². The summed E-state index contributed by atoms with van der Waals surface area (Å²) in [6.45, 7) is 3.98. The molecule has 0 atom stereocenters. The highest BCUT2D eigenvalue weighted by atomic mass is 16.4. The van der Waals surface area contributed by atoms with E-state index in [0.717, 1.165) is 11.1 Å². The molecule has 0 spiro atoms. The van der Waals surface area contributed by atoms with Gasteiger partial charge in [0.25, 0.3) is 0 Å². The second kappa shape index (κ2) is 3.70. The number of oxazole rings is 1. The van der Waals surface area contributed by atoms with E-state index in [2.05, 4.69) is 4.98 Å². The van der Waals surface area contributed by atoms with E-state index in [1.165, 1.54) is 5.56 Å². The molecular weight excluding hydrogens is 202 g/mol. The predicted octanol–water partition coefficient (Wildman–Crippen LogP) is 2.41. The Morgan fingerprint density at radius 1 is 1.38 bits per heavy atom. The number of hydrogen-bond acceptors (Lipinski definition) is 4. The summed E-state index contributed by atoms with van der Waals surface area (Å²) in [5.74, 6) is 0.462. The van der Waals surface area contributed by atoms with Crippen LogP contribution in [-0.2, 0) is 0 Å². The van der Waals surface area contributed by atoms with Crippen molar-refractivity contribution < 1.29 is 4.42 Å². The van der Waals surface area contributed by atoms with E-state index < -0.39 is 0 Å². The van der Waals surface area contributed by atoms with E-state index in [4.69, 9.17) is 15.4 Å². The SMILES string of the molecule is Cc1ccc(-c2nc(C#N)c(N)o2)c(C)c1. The summed E-state index contributed by atoms with van der Waals surface area (Å²) < 4.78 is 5.26. The molecule has 2 N–H and O–H groups in total. The first-order chi connectivity index (χ1) is 7.61. The van der Waals surface area contributed by atoms with Crippen LogP contribution in [0.5, 0.6) is 0 Å². The number of benzene rings is 1. The van der Waals surface area contributed by atoms with Crippen molar-refractivity contribution in [1.82, 2.24) is 4.98 Å². The van der Waals surface area contributed by atoms with Crippen LogP contribution in [-0.4, -0.2) is 4.98 Å². The lowest BCUT2D eigenvalue weighted by molar-refractivity contribution is 0.593. The van der Waals surface area contributed by atoms with Crippen molar-refractivity contribution in [2.24, 2.45) is 0 Å². The normalized spacial score (nSPS) is 10.1. The molecule has 0 radical (unpaired) electrons. The van der Waals surface area contributed by atoms with Crippen LogP contribution in [0.2, 0.25) is 0 Å². The fourth-order valence-corrected chi connectivity index (χ4v) is 1.58. The minimum atomic E-state index is 0.0671. The third-order valence-corrected chi connectivity index (χ3v) is 2.37. The molecule has 1 heterocycles. The van der Waals surface area contributed by atoms with Crippen LogP contribution in [0.4, 0.5) is 5.88 Å². The van der Waals surface area contributed by atoms with Gasteiger partial charge < -0.3 is 10.2 Å². The molecule has 0 unspecified atom stereocenters. The fourth-order valence-electron chi connectivity index (χ4n) is 1.58. The first-order valence-electron chi connectivity index (χ1n) is 4.86. The van der Waals surface area contributed by atoms with Gasteiger partial charge in [-0.3, -0.25) is 0 Å². The fraction of sp³-hybridized carbons (Fsp3) is 0.167. The van der Waals surface area contributed by atoms with E-state index in [1.807, 2.05) is 38.1 Å². The molecule has 16 heavy (non-hydrogen) atoms. The summed E-state index contributed by atoms with van der Waals surface area (Å²) in [6.07, 6.45) is 0. The highest BCUT2D eigenvalue weighted by Gasteiger charge is 2.13. The molecule has 2 rings (SSSR count). The Morgan fingerprint density at radius 2 is 2.12 bits per heavy atom. The average molecular weight is 213 g/mol. The van der Waals surface area contributed by atoms with Gasteiger partial charge in [-0.15, -0.1) is 0 Å². The lowest BCUT2D eigenvalue weighted by atomic mass is 10.1. The zero-order valence-electron chi connectivity index (χ0n) is 9.11. The standard InChI is InChI=1S/C12H11N3O/c1-7-3-4-9(8(2)5-7)12-15-10(6-13)11(14)16-12/h3-5H,14H2,1-2H3. The van der Waals surface area contributed by atoms with Crippen LogP contribution in [0.3, 0.4) is 0 Å². The number of aryl methyl sites for hydroxylation is 2. The van der Waals surface area contributed by atoms with Gasteiger partial charge in [0.15, 0.2) is 0 Å². The van der Waals surface area contributed by atoms with Crippen molar-refractivity contribution in [2.45, 2.75) is 13.8 Å². The van der Waals surface area contributed by atoms with Crippen LogP contribution in [0.1, 0.15) is 16.8 Å². The molecule has 0 bridgehead atoms. The van der Waals surface area contributed by atoms with E-state index in [1.54, 1.807) is 0 Å². The number of rotatable bonds is 1. The van der Waals surface area contributed by atoms with Gasteiger partial charge >= 0.3 is 0 Å². The Balaban J connectivity index is 2.55. The first kappa shape index (κ1) is 10.2. The van der Waals surface area contributed by atoms with Crippen molar-refractivity contribution in [1.29, 1.82) is 5.26 Å². The molecule has 4 nitrogen and oxygen atoms in total. The van der Waals surface area contributed by atoms with Crippen LogP contribution in [0, 0.1) is 25.2 Å². The number of anilines is 1. The number of nitriles is 1. The Bertz CT molecular complexity index is 578. The van der Waals surface area contributed by atoms with Gasteiger partial charge in [0.05, 0.1) is 0 Å². The number of nitrogens with zero attached hydrogens (tertiary/aromatic N) is 2. The van der Waals surface area contributed by atoms with Gasteiger partial charge in [0.2, 0.25) is 17.5 Å². The van der Waals surface area contributed by atoms with Crippen molar-refractivity contribution in [3.05, 3.63) is 35.0 Å². The monoisotopic (exact) mass is 213 g/mol. The van der Waals surface area contributed by atoms with Gasteiger partial charge in [-0.2, -0.15) is 10.2 Å². The topological polar surface area (TPSA) is 75.8 Å². The molecule has 0 saturated carbocycles. The number of hydrogen-bond donors (Lipinski definition) is 1. The summed E-state index contributed by atoms with van der Waals surface area (Å²) in [6, 6.07) is 7.80. The van der Waals surface area contributed by atoms with Gasteiger partial charge in [0, 0.05) is 5.56 Å². The molecule has 2 aromatic rings. The molecule has 0 aliphatic heterocycles. The number of nitrogens with two attached hydrogens (primary N) is 1. The maximum absolute atomic E-state index is 8.74.